The molecule has 0 aromatic carbocycles. The van der Waals surface area contributed by atoms with E-state index in [9.17, 15) is 43.2 Å². The third-order valence-corrected chi connectivity index (χ3v) is 18.6. The van der Waals surface area contributed by atoms with Crippen LogP contribution in [-0.2, 0) is 65.4 Å². The number of hydrogen-bond acceptors (Lipinski definition) is 15. The Hall–Kier alpha value is -6.36. The summed E-state index contributed by atoms with van der Waals surface area (Å²) in [6.45, 7) is 4.42. The molecule has 0 fully saturated rings. The second-order valence-electron chi connectivity index (χ2n) is 27.3. The van der Waals surface area contributed by atoms with Crippen molar-refractivity contribution in [1.29, 1.82) is 0 Å². The van der Waals surface area contributed by atoms with Gasteiger partial charge in [0.05, 0.1) is 26.4 Å². The van der Waals surface area contributed by atoms with E-state index >= 15 is 0 Å². The van der Waals surface area contributed by atoms with Gasteiger partial charge in [-0.15, -0.1) is 0 Å². The Balaban J connectivity index is 5.62. The zero-order valence-corrected chi connectivity index (χ0v) is 71.0. The van der Waals surface area contributed by atoms with Crippen LogP contribution in [0.15, 0.2) is 207 Å². The number of phosphoric acid groups is 2. The van der Waals surface area contributed by atoms with Crippen LogP contribution in [0.25, 0.3) is 0 Å². The van der Waals surface area contributed by atoms with Crippen LogP contribution in [0.5, 0.6) is 0 Å². The summed E-state index contributed by atoms with van der Waals surface area (Å²) in [5.41, 5.74) is 0. The van der Waals surface area contributed by atoms with Crippen molar-refractivity contribution in [1.82, 2.24) is 0 Å². The fraction of sp³-hybridized carbons (Fsp3) is 0.591. The zero-order chi connectivity index (χ0) is 81.7. The van der Waals surface area contributed by atoms with Gasteiger partial charge in [0, 0.05) is 25.7 Å². The molecular weight excluding hydrogens is 1450 g/mol. The molecule has 0 radical (unpaired) electrons. The number of allylic oxidation sites excluding steroid dienone is 34. The molecule has 0 bridgehead atoms. The molecule has 5 atom stereocenters. The first-order valence-corrected chi connectivity index (χ1v) is 45.3. The lowest BCUT2D eigenvalue weighted by molar-refractivity contribution is -0.161. The molecule has 17 nitrogen and oxygen atoms in total. The Labute approximate surface area is 678 Å². The van der Waals surface area contributed by atoms with E-state index in [1.165, 1.54) is 77.0 Å². The number of ether oxygens (including phenoxy) is 4. The molecule has 19 heteroatoms. The zero-order valence-electron chi connectivity index (χ0n) is 69.3. The molecule has 0 aliphatic rings. The highest BCUT2D eigenvalue weighted by atomic mass is 31.2. The quantitative estimate of drug-likeness (QED) is 0.0169. The Morgan fingerprint density at radius 3 is 0.795 bits per heavy atom. The van der Waals surface area contributed by atoms with E-state index in [1.54, 1.807) is 0 Å². The Morgan fingerprint density at radius 1 is 0.259 bits per heavy atom. The first-order chi connectivity index (χ1) is 54.7. The second-order valence-corrected chi connectivity index (χ2v) is 30.2. The van der Waals surface area contributed by atoms with Crippen LogP contribution in [0, 0.1) is 0 Å². The number of carbonyl (C=O) groups excluding carboxylic acids is 4. The van der Waals surface area contributed by atoms with Crippen LogP contribution in [0.2, 0.25) is 0 Å². The molecule has 0 saturated carbocycles. The third kappa shape index (κ3) is 81.6. The summed E-state index contributed by atoms with van der Waals surface area (Å²) >= 11 is 0. The highest BCUT2D eigenvalue weighted by Gasteiger charge is 2.30. The molecule has 112 heavy (non-hydrogen) atoms. The number of aliphatic hydroxyl groups is 1. The van der Waals surface area contributed by atoms with E-state index in [2.05, 4.69) is 180 Å². The van der Waals surface area contributed by atoms with Gasteiger partial charge in [-0.3, -0.25) is 37.3 Å². The first-order valence-electron chi connectivity index (χ1n) is 42.3. The predicted octanol–water partition coefficient (Wildman–Crippen LogP) is 25.4. The van der Waals surface area contributed by atoms with E-state index in [0.29, 0.717) is 44.9 Å². The molecule has 2 unspecified atom stereocenters. The van der Waals surface area contributed by atoms with Crippen LogP contribution in [0.4, 0.5) is 0 Å². The summed E-state index contributed by atoms with van der Waals surface area (Å²) in [7, 11) is -10.1. The smallest absolute Gasteiger partial charge is 0.462 e. The van der Waals surface area contributed by atoms with Crippen molar-refractivity contribution in [2.24, 2.45) is 0 Å². The van der Waals surface area contributed by atoms with Gasteiger partial charge in [0.1, 0.15) is 19.3 Å². The van der Waals surface area contributed by atoms with Gasteiger partial charge >= 0.3 is 39.5 Å². The van der Waals surface area contributed by atoms with Gasteiger partial charge in [0.2, 0.25) is 0 Å². The van der Waals surface area contributed by atoms with Gasteiger partial charge in [-0.2, -0.15) is 0 Å². The fourth-order valence-electron chi connectivity index (χ4n) is 10.3. The lowest BCUT2D eigenvalue weighted by atomic mass is 10.1. The topological polar surface area (TPSA) is 237 Å². The Bertz CT molecular complexity index is 2940. The first kappa shape index (κ1) is 106. The normalized spacial score (nSPS) is 14.8. The van der Waals surface area contributed by atoms with Gasteiger partial charge in [-0.05, 0) is 167 Å². The van der Waals surface area contributed by atoms with Crippen molar-refractivity contribution >= 4 is 39.5 Å². The molecule has 0 aliphatic heterocycles. The van der Waals surface area contributed by atoms with Crippen molar-refractivity contribution in [3.05, 3.63) is 207 Å². The van der Waals surface area contributed by atoms with Crippen molar-refractivity contribution in [2.45, 2.75) is 316 Å². The maximum absolute atomic E-state index is 13.1. The molecule has 0 saturated heterocycles. The van der Waals surface area contributed by atoms with Crippen LogP contribution in [-0.4, -0.2) is 96.7 Å². The minimum atomic E-state index is -5.04. The number of hydrogen-bond donors (Lipinski definition) is 3. The molecule has 0 aromatic rings. The van der Waals surface area contributed by atoms with Crippen molar-refractivity contribution in [3.63, 3.8) is 0 Å². The Kier molecular flexibility index (Phi) is 77.9. The molecular formula is C93H148O17P2. The number of rotatable bonds is 77. The van der Waals surface area contributed by atoms with E-state index < -0.39 is 97.5 Å². The van der Waals surface area contributed by atoms with Crippen molar-refractivity contribution in [3.8, 4) is 0 Å². The van der Waals surface area contributed by atoms with Crippen LogP contribution >= 0.6 is 15.6 Å². The minimum absolute atomic E-state index is 0.0115. The third-order valence-electron chi connectivity index (χ3n) is 16.7. The molecule has 0 rings (SSSR count). The highest BCUT2D eigenvalue weighted by molar-refractivity contribution is 7.47. The lowest BCUT2D eigenvalue weighted by Crippen LogP contribution is -2.30. The minimum Gasteiger partial charge on any atom is -0.462 e. The number of aliphatic hydroxyl groups excluding tert-OH is 1. The molecule has 0 aliphatic carbocycles. The van der Waals surface area contributed by atoms with Crippen LogP contribution < -0.4 is 0 Å². The molecule has 3 N–H and O–H groups in total. The lowest BCUT2D eigenvalue weighted by Gasteiger charge is -2.21. The van der Waals surface area contributed by atoms with Gasteiger partial charge in [-0.25, -0.2) is 9.13 Å². The average Bonchev–Trinajstić information content (AvgIpc) is 0.907. The summed E-state index contributed by atoms with van der Waals surface area (Å²) in [6, 6.07) is 0. The van der Waals surface area contributed by atoms with Gasteiger partial charge in [0.15, 0.2) is 12.2 Å². The molecule has 0 spiro atoms. The van der Waals surface area contributed by atoms with Crippen molar-refractivity contribution < 1.29 is 80.2 Å². The maximum Gasteiger partial charge on any atom is 0.472 e. The summed E-state index contributed by atoms with van der Waals surface area (Å²) in [6.07, 6.45) is 104. The second kappa shape index (κ2) is 82.6. The fourth-order valence-corrected chi connectivity index (χ4v) is 11.9. The predicted molar refractivity (Wildman–Crippen MR) is 463 cm³/mol. The van der Waals surface area contributed by atoms with Gasteiger partial charge in [0.25, 0.3) is 0 Å². The van der Waals surface area contributed by atoms with Gasteiger partial charge < -0.3 is 33.8 Å². The van der Waals surface area contributed by atoms with Gasteiger partial charge in [-0.1, -0.05) is 311 Å². The number of carbonyl (C=O) groups is 4. The summed E-state index contributed by atoms with van der Waals surface area (Å²) in [5.74, 6) is -2.50. The summed E-state index contributed by atoms with van der Waals surface area (Å²) < 4.78 is 68.5. The Morgan fingerprint density at radius 2 is 0.482 bits per heavy atom. The molecule has 0 amide bonds. The SMILES string of the molecule is CC/C=C\C/C=C\C/C=C\C/C=C\C/C=C\C/C=C\CCC(=O)O[C@H](COC(=O)CC/C=C\C/C=C\C/C=C\C/C=C\C/C=C\CCCCC)COP(=O)(O)OC[C@@H](O)COP(=O)(O)OC[C@@H](COC(=O)CCCCCCC/C=C\CCCCCCCC)OC(=O)CC/C=C\C/C=C\C/C=C\C/C=C\C/C=C\CCCCC. The monoisotopic (exact) mass is 1600 g/mol. The van der Waals surface area contributed by atoms with E-state index in [-0.39, 0.29) is 25.7 Å². The van der Waals surface area contributed by atoms with E-state index in [0.717, 1.165) is 122 Å². The maximum atomic E-state index is 13.1. The van der Waals surface area contributed by atoms with Crippen LogP contribution in [0.1, 0.15) is 297 Å². The summed E-state index contributed by atoms with van der Waals surface area (Å²) in [4.78, 5) is 73.1. The highest BCUT2D eigenvalue weighted by Crippen LogP contribution is 2.45. The standard InChI is InChI=1S/C93H148O17P2/c1-5-9-13-17-21-25-29-33-37-40-43-46-50-54-58-62-66-70-74-78-91(96)104-84-89(110-93(98)80-76-72-68-64-60-56-52-48-45-42-39-35-31-27-23-19-15-11-7-3)86-108-112(101,102)106-82-87(94)81-105-111(99,100)107-85-88(83-103-90(95)77-73-69-65-61-57-53-49-36-32-28-24-20-16-12-8-4)109-92(97)79-75-71-67-63-59-55-51-47-44-41-38-34-30-26-22-18-14-10-6-2/h11,15,21-23,25-27,33-39,43-49,54-56,58-60,66-68,70-72,87-89,94H,5-10,12-14,16-20,24,28-32,40-42,50-53,57,61-65,69,73-86H2,1-4H3,(H,99,100)(H,101,102)/b15-11-,25-21-,26-22-,27-23-,37-33-,38-34-,39-35-,46-43-,47-44-,48-45-,49-36-,58-54-,59-55-,60-56-,70-66-,71-67-,72-68-/t87-,88+,89+/m0/s1. The average molecular weight is 1600 g/mol. The number of phosphoric ester groups is 2. The number of esters is 4. The van der Waals surface area contributed by atoms with E-state index in [4.69, 9.17) is 37.0 Å². The largest absolute Gasteiger partial charge is 0.472 e. The number of unbranched alkanes of at least 4 members (excludes halogenated alkanes) is 17. The molecule has 632 valence electrons. The van der Waals surface area contributed by atoms with Crippen molar-refractivity contribution in [2.75, 3.05) is 39.6 Å². The molecule has 0 aromatic heterocycles. The summed E-state index contributed by atoms with van der Waals surface area (Å²) in [5, 5.41) is 10.7. The van der Waals surface area contributed by atoms with Crippen LogP contribution in [0.3, 0.4) is 0 Å². The molecule has 0 heterocycles. The van der Waals surface area contributed by atoms with E-state index in [1.807, 2.05) is 54.7 Å².